The summed E-state index contributed by atoms with van der Waals surface area (Å²) in [5.74, 6) is -0.936. The van der Waals surface area contributed by atoms with Crippen LogP contribution in [-0.2, 0) is 0 Å². The number of hydrogen-bond donors (Lipinski definition) is 1. The van der Waals surface area contributed by atoms with Crippen LogP contribution in [0.5, 0.6) is 5.75 Å². The smallest absolute Gasteiger partial charge is 0.165 e. The van der Waals surface area contributed by atoms with E-state index in [1.165, 1.54) is 13.2 Å². The molecule has 2 nitrogen and oxygen atoms in total. The molecule has 1 aromatic rings. The molecule has 2 atom stereocenters. The summed E-state index contributed by atoms with van der Waals surface area (Å²) in [6.45, 7) is 0.504. The molecule has 0 aromatic heterocycles. The predicted molar refractivity (Wildman–Crippen MR) is 60.1 cm³/mol. The molecule has 2 rings (SSSR count). The van der Waals surface area contributed by atoms with Gasteiger partial charge in [0.15, 0.2) is 11.6 Å². The molecule has 0 saturated heterocycles. The van der Waals surface area contributed by atoms with E-state index in [0.717, 1.165) is 12.5 Å². The van der Waals surface area contributed by atoms with Crippen LogP contribution in [0.1, 0.15) is 17.9 Å². The predicted octanol–water partition coefficient (Wildman–Crippen LogP) is 2.46. The molecule has 1 fully saturated rings. The Bertz CT molecular complexity index is 386. The molecule has 90 valence electrons. The van der Waals surface area contributed by atoms with Gasteiger partial charge in [0.25, 0.3) is 0 Å². The molecule has 5 heteroatoms. The van der Waals surface area contributed by atoms with Crippen molar-refractivity contribution in [2.75, 3.05) is 13.7 Å². The van der Waals surface area contributed by atoms with Crippen LogP contribution in [0.4, 0.5) is 8.78 Å². The number of nitrogens with two attached hydrogens (primary N) is 1. The Morgan fingerprint density at radius 1 is 1.44 bits per heavy atom. The lowest BCUT2D eigenvalue weighted by atomic mass is 10.1. The van der Waals surface area contributed by atoms with Crippen LogP contribution < -0.4 is 10.5 Å². The highest BCUT2D eigenvalue weighted by atomic mass is 35.5. The largest absolute Gasteiger partial charge is 0.496 e. The van der Waals surface area contributed by atoms with Gasteiger partial charge in [0.05, 0.1) is 7.11 Å². The third-order valence-electron chi connectivity index (χ3n) is 2.91. The van der Waals surface area contributed by atoms with Gasteiger partial charge in [-0.2, -0.15) is 0 Å². The van der Waals surface area contributed by atoms with Crippen LogP contribution in [0.15, 0.2) is 12.1 Å². The zero-order valence-electron chi connectivity index (χ0n) is 8.87. The fourth-order valence-electron chi connectivity index (χ4n) is 1.93. The average molecular weight is 250 g/mol. The topological polar surface area (TPSA) is 35.2 Å². The van der Waals surface area contributed by atoms with E-state index >= 15 is 0 Å². The summed E-state index contributed by atoms with van der Waals surface area (Å²) in [5.41, 5.74) is 5.82. The lowest BCUT2D eigenvalue weighted by molar-refractivity contribution is 0.397. The minimum Gasteiger partial charge on any atom is -0.496 e. The Labute approximate surface area is 99.2 Å². The summed E-state index contributed by atoms with van der Waals surface area (Å²) in [6.07, 6.45) is 0.813. The van der Waals surface area contributed by atoms with Crippen molar-refractivity contribution in [1.82, 2.24) is 0 Å². The first kappa shape index (κ1) is 13.2. The normalized spacial score (nSPS) is 22.5. The number of ether oxygens (including phenoxy) is 1. The molecule has 1 saturated carbocycles. The van der Waals surface area contributed by atoms with Gasteiger partial charge in [-0.15, -0.1) is 12.4 Å². The lowest BCUT2D eigenvalue weighted by Crippen LogP contribution is -2.04. The zero-order chi connectivity index (χ0) is 11.0. The molecule has 1 aliphatic carbocycles. The second-order valence-corrected chi connectivity index (χ2v) is 3.82. The van der Waals surface area contributed by atoms with E-state index in [4.69, 9.17) is 10.5 Å². The fourth-order valence-corrected chi connectivity index (χ4v) is 1.93. The van der Waals surface area contributed by atoms with Gasteiger partial charge in [0, 0.05) is 5.56 Å². The molecule has 1 aliphatic rings. The molecule has 0 aliphatic heterocycles. The molecule has 2 unspecified atom stereocenters. The van der Waals surface area contributed by atoms with Crippen molar-refractivity contribution in [3.8, 4) is 5.75 Å². The molecule has 0 heterocycles. The third-order valence-corrected chi connectivity index (χ3v) is 2.91. The van der Waals surface area contributed by atoms with E-state index in [0.29, 0.717) is 17.9 Å². The van der Waals surface area contributed by atoms with Crippen molar-refractivity contribution >= 4 is 12.4 Å². The first-order chi connectivity index (χ1) is 7.19. The van der Waals surface area contributed by atoms with Crippen molar-refractivity contribution < 1.29 is 13.5 Å². The van der Waals surface area contributed by atoms with E-state index in [9.17, 15) is 8.78 Å². The fraction of sp³-hybridized carbons (Fsp3) is 0.455. The first-order valence-corrected chi connectivity index (χ1v) is 4.91. The Balaban J connectivity index is 0.00000128. The van der Waals surface area contributed by atoms with Crippen LogP contribution in [0.2, 0.25) is 0 Å². The number of halogens is 3. The molecule has 0 spiro atoms. The van der Waals surface area contributed by atoms with Crippen molar-refractivity contribution in [3.05, 3.63) is 29.3 Å². The highest BCUT2D eigenvalue weighted by Gasteiger charge is 2.41. The molecule has 1 aromatic carbocycles. The van der Waals surface area contributed by atoms with E-state index in [-0.39, 0.29) is 24.2 Å². The molecule has 2 N–H and O–H groups in total. The van der Waals surface area contributed by atoms with Crippen molar-refractivity contribution in [2.45, 2.75) is 12.3 Å². The summed E-state index contributed by atoms with van der Waals surface area (Å²) >= 11 is 0. The van der Waals surface area contributed by atoms with Crippen LogP contribution >= 0.6 is 12.4 Å². The summed E-state index contributed by atoms with van der Waals surface area (Å²) in [6, 6.07) is 2.54. The van der Waals surface area contributed by atoms with E-state index in [1.54, 1.807) is 0 Å². The monoisotopic (exact) mass is 249 g/mol. The summed E-state index contributed by atoms with van der Waals surface area (Å²) < 4.78 is 31.6. The van der Waals surface area contributed by atoms with Gasteiger partial charge in [0.2, 0.25) is 0 Å². The van der Waals surface area contributed by atoms with Gasteiger partial charge in [0.1, 0.15) is 5.75 Å². The molecule has 0 bridgehead atoms. The molecule has 16 heavy (non-hydrogen) atoms. The second-order valence-electron chi connectivity index (χ2n) is 3.82. The minimum atomic E-state index is -0.825. The quantitative estimate of drug-likeness (QED) is 0.893. The Kier molecular flexibility index (Phi) is 4.10. The minimum absolute atomic E-state index is 0. The summed E-state index contributed by atoms with van der Waals surface area (Å²) in [4.78, 5) is 0. The SMILES string of the molecule is COc1ccc(F)c(F)c1C1CC1CN.Cl. The van der Waals surface area contributed by atoms with Gasteiger partial charge >= 0.3 is 0 Å². The van der Waals surface area contributed by atoms with Crippen LogP contribution in [-0.4, -0.2) is 13.7 Å². The molecule has 0 radical (unpaired) electrons. The van der Waals surface area contributed by atoms with E-state index < -0.39 is 11.6 Å². The maximum absolute atomic E-state index is 13.6. The van der Waals surface area contributed by atoms with Gasteiger partial charge in [-0.1, -0.05) is 0 Å². The van der Waals surface area contributed by atoms with Crippen LogP contribution in [0.3, 0.4) is 0 Å². The summed E-state index contributed by atoms with van der Waals surface area (Å²) in [5, 5.41) is 0. The molecular formula is C11H14ClF2NO. The van der Waals surface area contributed by atoms with Gasteiger partial charge in [-0.3, -0.25) is 0 Å². The van der Waals surface area contributed by atoms with E-state index in [2.05, 4.69) is 0 Å². The van der Waals surface area contributed by atoms with Crippen molar-refractivity contribution in [3.63, 3.8) is 0 Å². The molecular weight excluding hydrogens is 236 g/mol. The standard InChI is InChI=1S/C11H13F2NO.ClH/c1-15-9-3-2-8(12)11(13)10(9)7-4-6(7)5-14;/h2-3,6-7H,4-5,14H2,1H3;1H. The first-order valence-electron chi connectivity index (χ1n) is 4.91. The number of rotatable bonds is 3. The maximum atomic E-state index is 13.6. The lowest BCUT2D eigenvalue weighted by Gasteiger charge is -2.09. The average Bonchev–Trinajstić information content (AvgIpc) is 3.00. The van der Waals surface area contributed by atoms with Crippen LogP contribution in [0.25, 0.3) is 0 Å². The van der Waals surface area contributed by atoms with Gasteiger partial charge < -0.3 is 10.5 Å². The van der Waals surface area contributed by atoms with Crippen molar-refractivity contribution in [1.29, 1.82) is 0 Å². The highest BCUT2D eigenvalue weighted by molar-refractivity contribution is 5.85. The summed E-state index contributed by atoms with van der Waals surface area (Å²) in [7, 11) is 1.45. The third kappa shape index (κ3) is 2.13. The van der Waals surface area contributed by atoms with E-state index in [1.807, 2.05) is 0 Å². The number of hydrogen-bond acceptors (Lipinski definition) is 2. The zero-order valence-corrected chi connectivity index (χ0v) is 9.69. The maximum Gasteiger partial charge on any atom is 0.165 e. The van der Waals surface area contributed by atoms with Crippen LogP contribution in [0, 0.1) is 17.6 Å². The Hall–Kier alpha value is -0.870. The second kappa shape index (κ2) is 4.97. The van der Waals surface area contributed by atoms with Gasteiger partial charge in [-0.05, 0) is 36.9 Å². The van der Waals surface area contributed by atoms with Gasteiger partial charge in [-0.25, -0.2) is 8.78 Å². The highest BCUT2D eigenvalue weighted by Crippen LogP contribution is 2.50. The molecule has 0 amide bonds. The number of benzene rings is 1. The Morgan fingerprint density at radius 3 is 2.62 bits per heavy atom. The Morgan fingerprint density at radius 2 is 2.12 bits per heavy atom. The number of methoxy groups -OCH3 is 1. The van der Waals surface area contributed by atoms with Crippen molar-refractivity contribution in [2.24, 2.45) is 11.7 Å².